The molecular weight excluding hydrogens is 266 g/mol. The highest BCUT2D eigenvalue weighted by atomic mass is 16.5. The van der Waals surface area contributed by atoms with Gasteiger partial charge in [-0.25, -0.2) is 0 Å². The Labute approximate surface area is 127 Å². The monoisotopic (exact) mass is 293 g/mol. The van der Waals surface area contributed by atoms with Crippen LogP contribution in [0.4, 0.5) is 0 Å². The van der Waals surface area contributed by atoms with E-state index in [9.17, 15) is 5.11 Å². The van der Waals surface area contributed by atoms with E-state index < -0.39 is 0 Å². The maximum Gasteiger partial charge on any atom is 0.123 e. The van der Waals surface area contributed by atoms with Crippen molar-refractivity contribution in [3.05, 3.63) is 23.8 Å². The lowest BCUT2D eigenvalue weighted by Gasteiger charge is -2.35. The number of benzene rings is 1. The van der Waals surface area contributed by atoms with E-state index >= 15 is 0 Å². The summed E-state index contributed by atoms with van der Waals surface area (Å²) in [5.74, 6) is 1.70. The van der Waals surface area contributed by atoms with Gasteiger partial charge in [-0.2, -0.15) is 0 Å². The molecule has 1 aromatic rings. The lowest BCUT2D eigenvalue weighted by Crippen LogP contribution is -2.38. The SMILES string of the molecule is COc1ccc(OC)c(CNCC2(CO)CCCCC2)c1. The second-order valence-electron chi connectivity index (χ2n) is 6.00. The van der Waals surface area contributed by atoms with E-state index in [2.05, 4.69) is 5.32 Å². The molecule has 0 atom stereocenters. The Hall–Kier alpha value is -1.26. The number of hydrogen-bond acceptors (Lipinski definition) is 4. The lowest BCUT2D eigenvalue weighted by atomic mass is 9.74. The third-order valence-electron chi connectivity index (χ3n) is 4.55. The number of aliphatic hydroxyl groups excluding tert-OH is 1. The number of aliphatic hydroxyl groups is 1. The minimum Gasteiger partial charge on any atom is -0.497 e. The number of rotatable bonds is 7. The summed E-state index contributed by atoms with van der Waals surface area (Å²) in [6, 6.07) is 5.83. The van der Waals surface area contributed by atoms with Crippen molar-refractivity contribution in [2.24, 2.45) is 5.41 Å². The predicted molar refractivity (Wildman–Crippen MR) is 83.9 cm³/mol. The Kier molecular flexibility index (Phi) is 5.88. The molecule has 0 radical (unpaired) electrons. The molecule has 0 bridgehead atoms. The van der Waals surface area contributed by atoms with E-state index in [1.807, 2.05) is 18.2 Å². The first-order chi connectivity index (χ1) is 10.2. The fourth-order valence-electron chi connectivity index (χ4n) is 3.17. The van der Waals surface area contributed by atoms with Crippen molar-refractivity contribution in [1.29, 1.82) is 0 Å². The van der Waals surface area contributed by atoms with Gasteiger partial charge in [0.25, 0.3) is 0 Å². The first-order valence-corrected chi connectivity index (χ1v) is 7.75. The molecule has 2 N–H and O–H groups in total. The van der Waals surface area contributed by atoms with Crippen LogP contribution >= 0.6 is 0 Å². The van der Waals surface area contributed by atoms with Crippen LogP contribution in [0.25, 0.3) is 0 Å². The number of nitrogens with one attached hydrogen (secondary N) is 1. The quantitative estimate of drug-likeness (QED) is 0.811. The van der Waals surface area contributed by atoms with Crippen LogP contribution in [0.5, 0.6) is 11.5 Å². The first kappa shape index (κ1) is 16.1. The molecule has 2 rings (SSSR count). The Balaban J connectivity index is 1.95. The van der Waals surface area contributed by atoms with Crippen molar-refractivity contribution in [3.63, 3.8) is 0 Å². The summed E-state index contributed by atoms with van der Waals surface area (Å²) < 4.78 is 10.7. The molecule has 1 fully saturated rings. The zero-order valence-corrected chi connectivity index (χ0v) is 13.2. The first-order valence-electron chi connectivity index (χ1n) is 7.75. The topological polar surface area (TPSA) is 50.7 Å². The largest absolute Gasteiger partial charge is 0.497 e. The Morgan fingerprint density at radius 2 is 1.90 bits per heavy atom. The molecule has 1 saturated carbocycles. The highest BCUT2D eigenvalue weighted by Crippen LogP contribution is 2.35. The summed E-state index contributed by atoms with van der Waals surface area (Å²) >= 11 is 0. The minimum absolute atomic E-state index is 0.0599. The highest BCUT2D eigenvalue weighted by Gasteiger charge is 2.30. The summed E-state index contributed by atoms with van der Waals surface area (Å²) in [4.78, 5) is 0. The molecule has 1 aliphatic carbocycles. The van der Waals surface area contributed by atoms with Crippen molar-refractivity contribution in [3.8, 4) is 11.5 Å². The lowest BCUT2D eigenvalue weighted by molar-refractivity contribution is 0.0810. The molecule has 0 heterocycles. The van der Waals surface area contributed by atoms with Gasteiger partial charge in [0.2, 0.25) is 0 Å². The summed E-state index contributed by atoms with van der Waals surface area (Å²) in [7, 11) is 3.35. The molecule has 0 saturated heterocycles. The second-order valence-corrected chi connectivity index (χ2v) is 6.00. The number of methoxy groups -OCH3 is 2. The summed E-state index contributed by atoms with van der Waals surface area (Å²) in [5, 5.41) is 13.2. The summed E-state index contributed by atoms with van der Waals surface area (Å²) in [5.41, 5.74) is 1.14. The average Bonchev–Trinajstić information content (AvgIpc) is 2.55. The van der Waals surface area contributed by atoms with Gasteiger partial charge in [0.15, 0.2) is 0 Å². The summed E-state index contributed by atoms with van der Waals surface area (Å²) in [6.45, 7) is 1.85. The van der Waals surface area contributed by atoms with Crippen LogP contribution in [0.2, 0.25) is 0 Å². The Morgan fingerprint density at radius 3 is 2.52 bits per heavy atom. The van der Waals surface area contributed by atoms with Gasteiger partial charge in [-0.05, 0) is 31.0 Å². The van der Waals surface area contributed by atoms with Crippen LogP contribution in [0.1, 0.15) is 37.7 Å². The zero-order chi connectivity index (χ0) is 15.1. The van der Waals surface area contributed by atoms with E-state index in [0.717, 1.165) is 43.0 Å². The van der Waals surface area contributed by atoms with Crippen LogP contribution in [0, 0.1) is 5.41 Å². The van der Waals surface area contributed by atoms with Crippen LogP contribution in [-0.4, -0.2) is 32.5 Å². The maximum absolute atomic E-state index is 9.74. The van der Waals surface area contributed by atoms with E-state index in [4.69, 9.17) is 9.47 Å². The smallest absolute Gasteiger partial charge is 0.123 e. The average molecular weight is 293 g/mol. The van der Waals surface area contributed by atoms with Crippen molar-refractivity contribution in [2.75, 3.05) is 27.4 Å². The van der Waals surface area contributed by atoms with Gasteiger partial charge in [0.05, 0.1) is 14.2 Å². The molecule has 4 nitrogen and oxygen atoms in total. The van der Waals surface area contributed by atoms with Gasteiger partial charge in [-0.3, -0.25) is 0 Å². The standard InChI is InChI=1S/C17H27NO3/c1-20-15-6-7-16(21-2)14(10-15)11-18-12-17(13-19)8-4-3-5-9-17/h6-7,10,18-19H,3-5,8-9,11-13H2,1-2H3. The van der Waals surface area contributed by atoms with E-state index in [-0.39, 0.29) is 12.0 Å². The molecular formula is C17H27NO3. The van der Waals surface area contributed by atoms with Gasteiger partial charge in [0.1, 0.15) is 11.5 Å². The number of hydrogen-bond donors (Lipinski definition) is 2. The van der Waals surface area contributed by atoms with Crippen molar-refractivity contribution < 1.29 is 14.6 Å². The molecule has 0 aliphatic heterocycles. The van der Waals surface area contributed by atoms with Crippen LogP contribution < -0.4 is 14.8 Å². The molecule has 21 heavy (non-hydrogen) atoms. The van der Waals surface area contributed by atoms with Crippen molar-refractivity contribution >= 4 is 0 Å². The molecule has 1 aromatic carbocycles. The Morgan fingerprint density at radius 1 is 1.14 bits per heavy atom. The molecule has 0 amide bonds. The third kappa shape index (κ3) is 4.11. The molecule has 118 valence electrons. The number of ether oxygens (including phenoxy) is 2. The third-order valence-corrected chi connectivity index (χ3v) is 4.55. The molecule has 4 heteroatoms. The molecule has 0 spiro atoms. The van der Waals surface area contributed by atoms with Crippen molar-refractivity contribution in [2.45, 2.75) is 38.6 Å². The van der Waals surface area contributed by atoms with E-state index in [1.165, 1.54) is 19.3 Å². The molecule has 0 aromatic heterocycles. The van der Waals surface area contributed by atoms with Gasteiger partial charge in [-0.1, -0.05) is 19.3 Å². The highest BCUT2D eigenvalue weighted by molar-refractivity contribution is 5.40. The molecule has 0 unspecified atom stereocenters. The molecule has 1 aliphatic rings. The maximum atomic E-state index is 9.74. The Bertz CT molecular complexity index is 442. The van der Waals surface area contributed by atoms with Crippen LogP contribution in [0.3, 0.4) is 0 Å². The predicted octanol–water partition coefficient (Wildman–Crippen LogP) is 2.74. The summed E-state index contributed by atoms with van der Waals surface area (Å²) in [6.07, 6.45) is 5.98. The second kappa shape index (κ2) is 7.66. The van der Waals surface area contributed by atoms with Gasteiger partial charge in [0, 0.05) is 30.7 Å². The van der Waals surface area contributed by atoms with Gasteiger partial charge < -0.3 is 19.9 Å². The van der Waals surface area contributed by atoms with Crippen molar-refractivity contribution in [1.82, 2.24) is 5.32 Å². The van der Waals surface area contributed by atoms with Gasteiger partial charge in [-0.15, -0.1) is 0 Å². The normalized spacial score (nSPS) is 17.5. The van der Waals surface area contributed by atoms with Crippen LogP contribution in [-0.2, 0) is 6.54 Å². The minimum atomic E-state index is 0.0599. The van der Waals surface area contributed by atoms with Gasteiger partial charge >= 0.3 is 0 Å². The van der Waals surface area contributed by atoms with E-state index in [1.54, 1.807) is 14.2 Å². The van der Waals surface area contributed by atoms with E-state index in [0.29, 0.717) is 0 Å². The fourth-order valence-corrected chi connectivity index (χ4v) is 3.17. The van der Waals surface area contributed by atoms with Crippen LogP contribution in [0.15, 0.2) is 18.2 Å². The fraction of sp³-hybridized carbons (Fsp3) is 0.647. The zero-order valence-electron chi connectivity index (χ0n) is 13.2.